The Kier molecular flexibility index (Phi) is 5.42. The van der Waals surface area contributed by atoms with Crippen molar-refractivity contribution in [2.24, 2.45) is 0 Å². The van der Waals surface area contributed by atoms with Crippen molar-refractivity contribution >= 4 is 27.0 Å². The van der Waals surface area contributed by atoms with Crippen LogP contribution in [-0.2, 0) is 14.8 Å². The molecule has 0 N–H and O–H groups in total. The van der Waals surface area contributed by atoms with Crippen LogP contribution in [0.2, 0.25) is 0 Å². The van der Waals surface area contributed by atoms with Gasteiger partial charge < -0.3 is 9.15 Å². The van der Waals surface area contributed by atoms with Gasteiger partial charge in [-0.15, -0.1) is 0 Å². The highest BCUT2D eigenvalue weighted by Crippen LogP contribution is 2.38. The predicted octanol–water partition coefficient (Wildman–Crippen LogP) is 4.75. The second kappa shape index (κ2) is 7.89. The van der Waals surface area contributed by atoms with Crippen LogP contribution in [0.15, 0.2) is 51.8 Å². The highest BCUT2D eigenvalue weighted by molar-refractivity contribution is 7.89. The molecule has 2 heterocycles. The van der Waals surface area contributed by atoms with Gasteiger partial charge in [-0.1, -0.05) is 24.3 Å². The zero-order valence-corrected chi connectivity index (χ0v) is 18.2. The van der Waals surface area contributed by atoms with Gasteiger partial charge in [-0.2, -0.15) is 4.31 Å². The van der Waals surface area contributed by atoms with E-state index in [1.807, 2.05) is 31.2 Å². The fourth-order valence-electron chi connectivity index (χ4n) is 4.19. The molecule has 1 fully saturated rings. The average molecular weight is 428 g/mol. The van der Waals surface area contributed by atoms with Crippen LogP contribution in [0.3, 0.4) is 0 Å². The van der Waals surface area contributed by atoms with E-state index in [-0.39, 0.29) is 23.3 Å². The lowest BCUT2D eigenvalue weighted by Gasteiger charge is -2.25. The van der Waals surface area contributed by atoms with Gasteiger partial charge in [0.2, 0.25) is 15.8 Å². The zero-order valence-electron chi connectivity index (χ0n) is 17.3. The quantitative estimate of drug-likeness (QED) is 0.549. The molecule has 0 bridgehead atoms. The molecule has 1 saturated heterocycles. The van der Waals surface area contributed by atoms with Crippen LogP contribution in [0, 0.1) is 13.8 Å². The molecule has 7 heteroatoms. The van der Waals surface area contributed by atoms with E-state index in [0.29, 0.717) is 23.1 Å². The number of benzene rings is 2. The Morgan fingerprint density at radius 3 is 2.70 bits per heavy atom. The van der Waals surface area contributed by atoms with Gasteiger partial charge in [-0.05, 0) is 62.9 Å². The molecule has 6 nitrogen and oxygen atoms in total. The summed E-state index contributed by atoms with van der Waals surface area (Å²) in [5, 5.41) is 0.603. The van der Waals surface area contributed by atoms with E-state index >= 15 is 0 Å². The Balaban J connectivity index is 1.74. The molecule has 0 unspecified atom stereocenters. The molecule has 3 aromatic rings. The van der Waals surface area contributed by atoms with E-state index < -0.39 is 16.0 Å². The third-order valence-corrected chi connectivity index (χ3v) is 7.63. The predicted molar refractivity (Wildman–Crippen MR) is 114 cm³/mol. The number of hydrogen-bond acceptors (Lipinski definition) is 5. The van der Waals surface area contributed by atoms with Gasteiger partial charge in [-0.25, -0.2) is 13.2 Å². The van der Waals surface area contributed by atoms with Crippen molar-refractivity contribution in [3.8, 4) is 0 Å². The Morgan fingerprint density at radius 1 is 1.20 bits per heavy atom. The Morgan fingerprint density at radius 2 is 1.97 bits per heavy atom. The van der Waals surface area contributed by atoms with E-state index in [4.69, 9.17) is 9.15 Å². The molecule has 1 atom stereocenters. The van der Waals surface area contributed by atoms with Gasteiger partial charge in [0.15, 0.2) is 0 Å². The summed E-state index contributed by atoms with van der Waals surface area (Å²) in [5.74, 6) is -0.435. The summed E-state index contributed by atoms with van der Waals surface area (Å²) >= 11 is 0. The van der Waals surface area contributed by atoms with Crippen LogP contribution in [0.4, 0.5) is 0 Å². The van der Waals surface area contributed by atoms with Crippen LogP contribution >= 0.6 is 0 Å². The monoisotopic (exact) mass is 427 g/mol. The molecule has 0 amide bonds. The van der Waals surface area contributed by atoms with Gasteiger partial charge in [0.25, 0.3) is 0 Å². The molecule has 30 heavy (non-hydrogen) atoms. The number of furan rings is 1. The first-order valence-electron chi connectivity index (χ1n) is 10.1. The minimum atomic E-state index is -3.71. The van der Waals surface area contributed by atoms with Crippen LogP contribution in [0.1, 0.15) is 53.1 Å². The Labute approximate surface area is 176 Å². The van der Waals surface area contributed by atoms with E-state index in [1.54, 1.807) is 36.4 Å². The molecule has 158 valence electrons. The molecule has 0 saturated carbocycles. The third-order valence-electron chi connectivity index (χ3n) is 5.73. The number of ether oxygens (including phenoxy) is 1. The third kappa shape index (κ3) is 3.42. The van der Waals surface area contributed by atoms with Crippen LogP contribution in [-0.4, -0.2) is 31.8 Å². The first-order chi connectivity index (χ1) is 14.3. The fourth-order valence-corrected chi connectivity index (χ4v) is 5.89. The first kappa shape index (κ1) is 20.6. The molecule has 4 rings (SSSR count). The smallest absolute Gasteiger partial charge is 0.374 e. The zero-order chi connectivity index (χ0) is 21.5. The van der Waals surface area contributed by atoms with Crippen molar-refractivity contribution in [1.82, 2.24) is 4.31 Å². The van der Waals surface area contributed by atoms with E-state index in [0.717, 1.165) is 24.0 Å². The van der Waals surface area contributed by atoms with Gasteiger partial charge in [-0.3, -0.25) is 0 Å². The second-order valence-electron chi connectivity index (χ2n) is 7.56. The molecule has 1 aromatic heterocycles. The number of esters is 1. The summed E-state index contributed by atoms with van der Waals surface area (Å²) in [4.78, 5) is 12.3. The number of carbonyl (C=O) groups is 1. The normalized spacial score (nSPS) is 17.5. The van der Waals surface area contributed by atoms with Crippen LogP contribution < -0.4 is 0 Å². The van der Waals surface area contributed by atoms with Gasteiger partial charge >= 0.3 is 5.97 Å². The molecule has 0 radical (unpaired) electrons. The molecular weight excluding hydrogens is 402 g/mol. The molecular formula is C23H25NO5S. The number of rotatable bonds is 5. The summed E-state index contributed by atoms with van der Waals surface area (Å²) in [6.07, 6.45) is 1.61. The SMILES string of the molecule is CCOC(=O)c1oc2ccc(S(=O)(=O)N3CCC[C@@H]3c3ccccc3C)cc2c1C. The summed E-state index contributed by atoms with van der Waals surface area (Å²) in [6.45, 7) is 6.19. The van der Waals surface area contributed by atoms with Crippen molar-refractivity contribution in [1.29, 1.82) is 0 Å². The lowest BCUT2D eigenvalue weighted by atomic mass is 10.0. The maximum atomic E-state index is 13.5. The van der Waals surface area contributed by atoms with Crippen molar-refractivity contribution < 1.29 is 22.4 Å². The number of carbonyl (C=O) groups excluding carboxylic acids is 1. The van der Waals surface area contributed by atoms with E-state index in [9.17, 15) is 13.2 Å². The maximum Gasteiger partial charge on any atom is 0.374 e. The average Bonchev–Trinajstić information content (AvgIpc) is 3.34. The van der Waals surface area contributed by atoms with E-state index in [2.05, 4.69) is 0 Å². The minimum Gasteiger partial charge on any atom is -0.460 e. The molecule has 0 aliphatic carbocycles. The fraction of sp³-hybridized carbons (Fsp3) is 0.348. The van der Waals surface area contributed by atoms with Crippen LogP contribution in [0.25, 0.3) is 11.0 Å². The Bertz CT molecular complexity index is 1210. The minimum absolute atomic E-state index is 0.111. The molecule has 0 spiro atoms. The van der Waals surface area contributed by atoms with Gasteiger partial charge in [0.05, 0.1) is 17.5 Å². The molecule has 1 aliphatic heterocycles. The van der Waals surface area contributed by atoms with Crippen LogP contribution in [0.5, 0.6) is 0 Å². The van der Waals surface area contributed by atoms with Crippen molar-refractivity contribution in [2.75, 3.05) is 13.2 Å². The lowest BCUT2D eigenvalue weighted by Crippen LogP contribution is -2.31. The second-order valence-corrected chi connectivity index (χ2v) is 9.46. The molecule has 2 aromatic carbocycles. The van der Waals surface area contributed by atoms with Crippen molar-refractivity contribution in [3.63, 3.8) is 0 Å². The first-order valence-corrected chi connectivity index (χ1v) is 11.6. The number of sulfonamides is 1. The molecule has 1 aliphatic rings. The van der Waals surface area contributed by atoms with Crippen molar-refractivity contribution in [2.45, 2.75) is 44.6 Å². The largest absolute Gasteiger partial charge is 0.460 e. The lowest BCUT2D eigenvalue weighted by molar-refractivity contribution is 0.0491. The topological polar surface area (TPSA) is 76.8 Å². The highest BCUT2D eigenvalue weighted by atomic mass is 32.2. The number of aryl methyl sites for hydroxylation is 2. The summed E-state index contributed by atoms with van der Waals surface area (Å²) in [7, 11) is -3.71. The Hall–Kier alpha value is -2.64. The number of nitrogens with zero attached hydrogens (tertiary/aromatic N) is 1. The van der Waals surface area contributed by atoms with Gasteiger partial charge in [0, 0.05) is 17.5 Å². The summed E-state index contributed by atoms with van der Waals surface area (Å²) in [6, 6.07) is 12.5. The highest BCUT2D eigenvalue weighted by Gasteiger charge is 2.37. The number of fused-ring (bicyclic) bond motifs is 1. The van der Waals surface area contributed by atoms with E-state index in [1.165, 1.54) is 0 Å². The van der Waals surface area contributed by atoms with Crippen molar-refractivity contribution in [3.05, 3.63) is 64.9 Å². The standard InChI is InChI=1S/C23H25NO5S/c1-4-28-23(25)22-16(3)19-14-17(11-12-21(19)29-22)30(26,27)24-13-7-10-20(24)18-9-6-5-8-15(18)2/h5-6,8-9,11-12,14,20H,4,7,10,13H2,1-3H3/t20-/m1/s1. The maximum absolute atomic E-state index is 13.5. The van der Waals surface area contributed by atoms with Gasteiger partial charge in [0.1, 0.15) is 5.58 Å². The summed E-state index contributed by atoms with van der Waals surface area (Å²) < 4.78 is 39.3. The number of hydrogen-bond donors (Lipinski definition) is 0. The summed E-state index contributed by atoms with van der Waals surface area (Å²) in [5.41, 5.74) is 3.18.